The van der Waals surface area contributed by atoms with Crippen LogP contribution in [0.15, 0.2) is 46.8 Å². The molecule has 0 fully saturated rings. The quantitative estimate of drug-likeness (QED) is 0.454. The van der Waals surface area contributed by atoms with Crippen molar-refractivity contribution in [1.82, 2.24) is 20.2 Å². The second-order valence-electron chi connectivity index (χ2n) is 8.50. The van der Waals surface area contributed by atoms with E-state index in [0.717, 1.165) is 28.4 Å². The Hall–Kier alpha value is -2.82. The maximum atomic E-state index is 12.2. The van der Waals surface area contributed by atoms with Crippen LogP contribution in [0.2, 0.25) is 0 Å². The number of carbonyl (C=O) groups excluding carboxylic acids is 1. The van der Waals surface area contributed by atoms with E-state index in [4.69, 9.17) is 9.72 Å². The Morgan fingerprint density at radius 1 is 1.21 bits per heavy atom. The number of likely N-dealkylation sites (N-methyl/N-ethyl adjacent to an activating group) is 1. The number of thiazole rings is 1. The van der Waals surface area contributed by atoms with Gasteiger partial charge in [0.15, 0.2) is 9.84 Å². The average molecular weight is 503 g/mol. The number of hydrogen-bond acceptors (Lipinski definition) is 8. The Balaban J connectivity index is 1.76. The molecule has 0 bridgehead atoms. The molecule has 0 saturated heterocycles. The molecule has 3 rings (SSSR count). The van der Waals surface area contributed by atoms with E-state index < -0.39 is 9.84 Å². The van der Waals surface area contributed by atoms with Crippen molar-refractivity contribution in [3.05, 3.63) is 58.2 Å². The number of carbonyl (C=O) groups is 1. The van der Waals surface area contributed by atoms with Gasteiger partial charge in [-0.05, 0) is 58.3 Å². The first-order valence-electron chi connectivity index (χ1n) is 10.9. The third kappa shape index (κ3) is 7.09. The van der Waals surface area contributed by atoms with Crippen molar-refractivity contribution in [2.75, 3.05) is 33.4 Å². The molecule has 34 heavy (non-hydrogen) atoms. The normalized spacial score (nSPS) is 11.7. The Morgan fingerprint density at radius 2 is 1.97 bits per heavy atom. The van der Waals surface area contributed by atoms with Crippen LogP contribution in [0.5, 0.6) is 5.75 Å². The summed E-state index contributed by atoms with van der Waals surface area (Å²) in [6.07, 6.45) is 3.22. The molecule has 0 atom stereocenters. The van der Waals surface area contributed by atoms with Crippen molar-refractivity contribution in [3.8, 4) is 17.0 Å². The predicted molar refractivity (Wildman–Crippen MR) is 134 cm³/mol. The van der Waals surface area contributed by atoms with Crippen molar-refractivity contribution >= 4 is 27.1 Å². The summed E-state index contributed by atoms with van der Waals surface area (Å²) < 4.78 is 29.9. The van der Waals surface area contributed by atoms with Crippen LogP contribution >= 0.6 is 11.3 Å². The molecular weight excluding hydrogens is 472 g/mol. The fourth-order valence-electron chi connectivity index (χ4n) is 3.14. The zero-order chi connectivity index (χ0) is 24.9. The second-order valence-corrected chi connectivity index (χ2v) is 11.5. The van der Waals surface area contributed by atoms with Crippen LogP contribution in [0, 0.1) is 0 Å². The lowest BCUT2D eigenvalue weighted by Crippen LogP contribution is -2.31. The maximum Gasteiger partial charge on any atom is 0.269 e. The minimum absolute atomic E-state index is 0.0423. The molecule has 8 nitrogen and oxygen atoms in total. The number of amides is 1. The maximum absolute atomic E-state index is 12.2. The van der Waals surface area contributed by atoms with Crippen molar-refractivity contribution in [3.63, 3.8) is 0 Å². The number of hydrogen-bond donors (Lipinski definition) is 1. The van der Waals surface area contributed by atoms with E-state index in [-0.39, 0.29) is 16.9 Å². The lowest BCUT2D eigenvalue weighted by atomic mass is 10.1. The van der Waals surface area contributed by atoms with Crippen LogP contribution in [0.1, 0.15) is 34.9 Å². The first-order chi connectivity index (χ1) is 16.0. The largest absolute Gasteiger partial charge is 0.491 e. The average Bonchev–Trinajstić information content (AvgIpc) is 3.22. The molecule has 0 aliphatic rings. The number of pyridine rings is 1. The van der Waals surface area contributed by atoms with Crippen molar-refractivity contribution < 1.29 is 17.9 Å². The molecule has 0 unspecified atom stereocenters. The minimum atomic E-state index is -3.34. The third-order valence-corrected chi connectivity index (χ3v) is 6.81. The van der Waals surface area contributed by atoms with E-state index in [1.54, 1.807) is 30.5 Å². The van der Waals surface area contributed by atoms with Crippen LogP contribution in [0.3, 0.4) is 0 Å². The molecule has 10 heteroatoms. The summed E-state index contributed by atoms with van der Waals surface area (Å²) in [5, 5.41) is 5.59. The standard InChI is InChI=1S/C24H30N4O4S2/c1-16(2)32-22-9-7-19(34(5,30)31)12-18(22)13-23-27-21(15-33-23)17-6-8-20(26-14-17)24(29)25-10-11-28(3)4/h6-9,12,14-16H,10-11,13H2,1-5H3,(H,25,29). The van der Waals surface area contributed by atoms with Crippen LogP contribution < -0.4 is 10.1 Å². The second kappa shape index (κ2) is 11.1. The molecule has 1 amide bonds. The number of sulfone groups is 1. The van der Waals surface area contributed by atoms with Crippen molar-refractivity contribution in [2.24, 2.45) is 0 Å². The molecule has 2 heterocycles. The summed E-state index contributed by atoms with van der Waals surface area (Å²) in [6, 6.07) is 8.42. The molecule has 0 saturated carbocycles. The summed E-state index contributed by atoms with van der Waals surface area (Å²) in [4.78, 5) is 23.5. The summed E-state index contributed by atoms with van der Waals surface area (Å²) >= 11 is 1.48. The highest BCUT2D eigenvalue weighted by atomic mass is 32.2. The number of nitrogens with zero attached hydrogens (tertiary/aromatic N) is 3. The Bertz CT molecular complexity index is 1240. The van der Waals surface area contributed by atoms with Gasteiger partial charge in [-0.2, -0.15) is 0 Å². The number of rotatable bonds is 10. The topological polar surface area (TPSA) is 101 Å². The summed E-state index contributed by atoms with van der Waals surface area (Å²) in [5.74, 6) is 0.432. The van der Waals surface area contributed by atoms with Crippen molar-refractivity contribution in [2.45, 2.75) is 31.3 Å². The van der Waals surface area contributed by atoms with Gasteiger partial charge in [-0.3, -0.25) is 9.78 Å². The molecule has 0 aliphatic carbocycles. The zero-order valence-electron chi connectivity index (χ0n) is 20.0. The number of nitrogens with one attached hydrogen (secondary N) is 1. The monoisotopic (exact) mass is 502 g/mol. The summed E-state index contributed by atoms with van der Waals surface area (Å²) in [6.45, 7) is 5.15. The molecule has 1 aromatic carbocycles. The molecule has 0 radical (unpaired) electrons. The van der Waals surface area contributed by atoms with Crippen LogP contribution in [0.4, 0.5) is 0 Å². The van der Waals surface area contributed by atoms with Gasteiger partial charge >= 0.3 is 0 Å². The van der Waals surface area contributed by atoms with Gasteiger partial charge < -0.3 is 15.0 Å². The first kappa shape index (κ1) is 25.8. The van der Waals surface area contributed by atoms with Gasteiger partial charge in [0.05, 0.1) is 21.7 Å². The first-order valence-corrected chi connectivity index (χ1v) is 13.6. The van der Waals surface area contributed by atoms with Gasteiger partial charge in [-0.1, -0.05) is 0 Å². The third-order valence-electron chi connectivity index (χ3n) is 4.85. The number of aromatic nitrogens is 2. The molecular formula is C24H30N4O4S2. The lowest BCUT2D eigenvalue weighted by Gasteiger charge is -2.14. The smallest absolute Gasteiger partial charge is 0.269 e. The fraction of sp³-hybridized carbons (Fsp3) is 0.375. The molecule has 0 aliphatic heterocycles. The number of benzene rings is 1. The fourth-order valence-corrected chi connectivity index (χ4v) is 4.64. The van der Waals surface area contributed by atoms with Crippen LogP contribution in [-0.4, -0.2) is 68.7 Å². The van der Waals surface area contributed by atoms with Crippen LogP contribution in [0.25, 0.3) is 11.3 Å². The van der Waals surface area contributed by atoms with Gasteiger partial charge in [-0.15, -0.1) is 11.3 Å². The molecule has 3 aromatic rings. The van der Waals surface area contributed by atoms with Gasteiger partial charge in [-0.25, -0.2) is 13.4 Å². The number of ether oxygens (including phenoxy) is 1. The van der Waals surface area contributed by atoms with Crippen LogP contribution in [-0.2, 0) is 16.3 Å². The summed E-state index contributed by atoms with van der Waals surface area (Å²) in [7, 11) is 0.555. The Morgan fingerprint density at radius 3 is 2.59 bits per heavy atom. The molecule has 1 N–H and O–H groups in total. The molecule has 0 spiro atoms. The zero-order valence-corrected chi connectivity index (χ0v) is 21.7. The Labute approximate surface area is 204 Å². The van der Waals surface area contributed by atoms with E-state index in [1.807, 2.05) is 44.3 Å². The van der Waals surface area contributed by atoms with Gasteiger partial charge in [0.25, 0.3) is 5.91 Å². The van der Waals surface area contributed by atoms with Gasteiger partial charge in [0.2, 0.25) is 0 Å². The minimum Gasteiger partial charge on any atom is -0.491 e. The van der Waals surface area contributed by atoms with E-state index >= 15 is 0 Å². The highest BCUT2D eigenvalue weighted by molar-refractivity contribution is 7.90. The highest BCUT2D eigenvalue weighted by Crippen LogP contribution is 2.29. The molecule has 182 valence electrons. The van der Waals surface area contributed by atoms with Crippen molar-refractivity contribution in [1.29, 1.82) is 0 Å². The van der Waals surface area contributed by atoms with E-state index in [1.165, 1.54) is 17.6 Å². The van der Waals surface area contributed by atoms with E-state index in [2.05, 4.69) is 10.3 Å². The lowest BCUT2D eigenvalue weighted by molar-refractivity contribution is 0.0946. The Kier molecular flexibility index (Phi) is 8.40. The van der Waals surface area contributed by atoms with Gasteiger partial charge in [0.1, 0.15) is 11.4 Å². The van der Waals surface area contributed by atoms with E-state index in [9.17, 15) is 13.2 Å². The van der Waals surface area contributed by atoms with E-state index in [0.29, 0.717) is 24.4 Å². The summed E-state index contributed by atoms with van der Waals surface area (Å²) in [5.41, 5.74) is 2.67. The highest BCUT2D eigenvalue weighted by Gasteiger charge is 2.16. The predicted octanol–water partition coefficient (Wildman–Crippen LogP) is 3.28. The SMILES string of the molecule is CC(C)Oc1ccc(S(C)(=O)=O)cc1Cc1nc(-c2ccc(C(=O)NCCN(C)C)nc2)cs1. The molecule has 2 aromatic heterocycles. The van der Waals surface area contributed by atoms with Gasteiger partial charge in [0, 0.05) is 48.5 Å².